The van der Waals surface area contributed by atoms with Gasteiger partial charge < -0.3 is 18.3 Å². The molecule has 6 nitrogen and oxygen atoms in total. The van der Waals surface area contributed by atoms with E-state index in [1.54, 1.807) is 0 Å². The van der Waals surface area contributed by atoms with Crippen LogP contribution in [0.25, 0.3) is 0 Å². The van der Waals surface area contributed by atoms with Gasteiger partial charge in [-0.1, -0.05) is 12.8 Å². The van der Waals surface area contributed by atoms with Gasteiger partial charge in [-0.25, -0.2) is 0 Å². The molecule has 0 heterocycles. The van der Waals surface area contributed by atoms with Gasteiger partial charge in [0.2, 0.25) is 19.5 Å². The molecule has 198 valence electrons. The average Bonchev–Trinajstić information content (AvgIpc) is 2.83. The molecule has 0 rings (SSSR count). The predicted octanol–water partition coefficient (Wildman–Crippen LogP) is 5.77. The van der Waals surface area contributed by atoms with Crippen LogP contribution in [0.2, 0.25) is 12.1 Å². The highest BCUT2D eigenvalue weighted by Crippen LogP contribution is 2.07. The van der Waals surface area contributed by atoms with Gasteiger partial charge in [-0.15, -0.1) is 0 Å². The van der Waals surface area contributed by atoms with Crippen LogP contribution in [0.1, 0.15) is 104 Å². The molecule has 0 amide bonds. The van der Waals surface area contributed by atoms with Gasteiger partial charge in [0.25, 0.3) is 0 Å². The smallest absolute Gasteiger partial charge is 0.229 e. The normalized spacial score (nSPS) is 11.2. The van der Waals surface area contributed by atoms with Crippen LogP contribution in [0.15, 0.2) is 0 Å². The fourth-order valence-electron chi connectivity index (χ4n) is 3.30. The first-order chi connectivity index (χ1) is 16.7. The zero-order valence-corrected chi connectivity index (χ0v) is 24.0. The Morgan fingerprint density at radius 1 is 0.500 bits per heavy atom. The lowest BCUT2D eigenvalue weighted by Crippen LogP contribution is -2.03. The largest absolute Gasteiger partial charge is 0.418 e. The Labute approximate surface area is 214 Å². The number of unbranched alkanes of at least 4 members (excludes halogenated alkanes) is 5. The molecule has 0 unspecified atom stereocenters. The summed E-state index contributed by atoms with van der Waals surface area (Å²) in [5.41, 5.74) is 0. The van der Waals surface area contributed by atoms with Crippen LogP contribution in [-0.4, -0.2) is 70.7 Å². The van der Waals surface area contributed by atoms with Crippen molar-refractivity contribution < 1.29 is 27.9 Å². The molecule has 34 heavy (non-hydrogen) atoms. The molecule has 0 N–H and O–H groups in total. The molecule has 0 aliphatic heterocycles. The van der Waals surface area contributed by atoms with Gasteiger partial charge in [-0.2, -0.15) is 0 Å². The van der Waals surface area contributed by atoms with Gasteiger partial charge in [-0.3, -0.25) is 9.59 Å². The van der Waals surface area contributed by atoms with Crippen molar-refractivity contribution in [2.24, 2.45) is 0 Å². The van der Waals surface area contributed by atoms with Crippen LogP contribution < -0.4 is 0 Å². The fraction of sp³-hybridized carbons (Fsp3) is 0.923. The number of hydrogen-bond donors (Lipinski definition) is 0. The number of carbonyl (C=O) groups is 2. The number of ether oxygens (including phenoxy) is 2. The molecular formula is C26H50O6Si2. The summed E-state index contributed by atoms with van der Waals surface area (Å²) in [6.07, 6.45) is 12.7. The topological polar surface area (TPSA) is 71.1 Å². The van der Waals surface area contributed by atoms with Crippen LogP contribution in [0.3, 0.4) is 0 Å². The van der Waals surface area contributed by atoms with Crippen molar-refractivity contribution in [2.45, 2.75) is 116 Å². The highest BCUT2D eigenvalue weighted by molar-refractivity contribution is 6.27. The van der Waals surface area contributed by atoms with Gasteiger partial charge in [-0.05, 0) is 77.3 Å². The van der Waals surface area contributed by atoms with Gasteiger partial charge in [0.05, 0.1) is 0 Å². The third kappa shape index (κ3) is 27.9. The summed E-state index contributed by atoms with van der Waals surface area (Å²) in [4.78, 5) is 23.7. The third-order valence-electron chi connectivity index (χ3n) is 5.28. The van der Waals surface area contributed by atoms with E-state index in [-0.39, 0.29) is 0 Å². The SMILES string of the molecule is CCO[Si]CCCCC(=O)CCCCOCCCCOCCCCC(=O)CCCC[Si]OCC. The minimum atomic E-state index is 0.384. The van der Waals surface area contributed by atoms with E-state index in [0.29, 0.717) is 56.8 Å². The molecule has 4 radical (unpaired) electrons. The van der Waals surface area contributed by atoms with E-state index in [2.05, 4.69) is 0 Å². The summed E-state index contributed by atoms with van der Waals surface area (Å²) in [7, 11) is 1.17. The molecule has 0 saturated carbocycles. The molecule has 0 spiro atoms. The average molecular weight is 515 g/mol. The van der Waals surface area contributed by atoms with E-state index in [1.165, 1.54) is 0 Å². The zero-order chi connectivity index (χ0) is 25.0. The molecule has 0 bridgehead atoms. The fourth-order valence-corrected chi connectivity index (χ4v) is 4.79. The van der Waals surface area contributed by atoms with Crippen LogP contribution >= 0.6 is 0 Å². The Morgan fingerprint density at radius 2 is 0.824 bits per heavy atom. The molecule has 8 heteroatoms. The van der Waals surface area contributed by atoms with Crippen molar-refractivity contribution in [3.63, 3.8) is 0 Å². The van der Waals surface area contributed by atoms with Gasteiger partial charge in [0, 0.05) is 65.3 Å². The Balaban J connectivity index is 3.19. The monoisotopic (exact) mass is 514 g/mol. The molecule has 0 aromatic heterocycles. The number of rotatable bonds is 29. The molecule has 0 aromatic rings. The highest BCUT2D eigenvalue weighted by atomic mass is 28.2. The quantitative estimate of drug-likeness (QED) is 0.0932. The summed E-state index contributed by atoms with van der Waals surface area (Å²) in [6.45, 7) is 8.60. The van der Waals surface area contributed by atoms with Crippen LogP contribution in [0.4, 0.5) is 0 Å². The molecule has 0 aliphatic rings. The second kappa shape index (κ2) is 28.8. The Bertz CT molecular complexity index is 411. The molecule has 0 atom stereocenters. The Kier molecular flexibility index (Phi) is 28.5. The maximum atomic E-state index is 11.8. The van der Waals surface area contributed by atoms with Crippen LogP contribution in [0.5, 0.6) is 0 Å². The van der Waals surface area contributed by atoms with Crippen molar-refractivity contribution in [1.82, 2.24) is 0 Å². The predicted molar refractivity (Wildman–Crippen MR) is 141 cm³/mol. The Morgan fingerprint density at radius 3 is 1.18 bits per heavy atom. The summed E-state index contributed by atoms with van der Waals surface area (Å²) >= 11 is 0. The number of carbonyl (C=O) groups excluding carboxylic acids is 2. The van der Waals surface area contributed by atoms with Gasteiger partial charge >= 0.3 is 0 Å². The van der Waals surface area contributed by atoms with Crippen molar-refractivity contribution in [3.05, 3.63) is 0 Å². The van der Waals surface area contributed by atoms with Crippen molar-refractivity contribution in [3.8, 4) is 0 Å². The number of hydrogen-bond acceptors (Lipinski definition) is 6. The van der Waals surface area contributed by atoms with Gasteiger partial charge in [0.15, 0.2) is 0 Å². The molecule has 0 saturated heterocycles. The van der Waals surface area contributed by atoms with Crippen molar-refractivity contribution >= 4 is 31.1 Å². The lowest BCUT2D eigenvalue weighted by atomic mass is 10.1. The van der Waals surface area contributed by atoms with Crippen LogP contribution in [0, 0.1) is 0 Å². The van der Waals surface area contributed by atoms with E-state index in [4.69, 9.17) is 18.3 Å². The number of ketones is 2. The lowest BCUT2D eigenvalue weighted by Gasteiger charge is -2.06. The summed E-state index contributed by atoms with van der Waals surface area (Å²) in [5.74, 6) is 0.768. The van der Waals surface area contributed by atoms with Crippen LogP contribution in [-0.2, 0) is 27.9 Å². The van der Waals surface area contributed by atoms with E-state index < -0.39 is 0 Å². The molecular weight excluding hydrogens is 464 g/mol. The second-order valence-corrected chi connectivity index (χ2v) is 10.6. The Hall–Kier alpha value is -0.386. The van der Waals surface area contributed by atoms with E-state index in [9.17, 15) is 9.59 Å². The minimum absolute atomic E-state index is 0.384. The maximum Gasteiger partial charge on any atom is 0.229 e. The maximum absolute atomic E-state index is 11.8. The summed E-state index contributed by atoms with van der Waals surface area (Å²) in [5, 5.41) is 0. The van der Waals surface area contributed by atoms with Crippen molar-refractivity contribution in [2.75, 3.05) is 39.6 Å². The van der Waals surface area contributed by atoms with E-state index in [1.807, 2.05) is 13.8 Å². The van der Waals surface area contributed by atoms with Crippen molar-refractivity contribution in [1.29, 1.82) is 0 Å². The third-order valence-corrected chi connectivity index (χ3v) is 7.38. The van der Waals surface area contributed by atoms with E-state index >= 15 is 0 Å². The zero-order valence-electron chi connectivity index (χ0n) is 22.0. The standard InChI is InChI=1S/C26H50O6Si2/c1-3-31-33-23-13-7-17-25(27)15-5-9-19-29-21-11-12-22-30-20-10-6-16-26(28)18-8-14-24-34-32-4-2/h3-24H2,1-2H3. The first-order valence-corrected chi connectivity index (χ1v) is 15.8. The highest BCUT2D eigenvalue weighted by Gasteiger charge is 2.03. The lowest BCUT2D eigenvalue weighted by molar-refractivity contribution is -0.120. The van der Waals surface area contributed by atoms with Gasteiger partial charge in [0.1, 0.15) is 11.6 Å². The first kappa shape index (κ1) is 33.6. The summed E-state index contributed by atoms with van der Waals surface area (Å²) in [6, 6.07) is 2.16. The molecule has 0 aromatic carbocycles. The van der Waals surface area contributed by atoms with E-state index in [0.717, 1.165) is 116 Å². The second-order valence-electron chi connectivity index (χ2n) is 8.49. The first-order valence-electron chi connectivity index (χ1n) is 13.6. The molecule has 0 aliphatic carbocycles. The molecule has 0 fully saturated rings. The summed E-state index contributed by atoms with van der Waals surface area (Å²) < 4.78 is 22.0. The number of Topliss-reactive ketones (excluding diaryl/α,β-unsaturated/α-hetero) is 2. The minimum Gasteiger partial charge on any atom is -0.418 e.